The molecule has 0 spiro atoms. The molecule has 2 saturated heterocycles. The van der Waals surface area contributed by atoms with E-state index >= 15 is 0 Å². The van der Waals surface area contributed by atoms with Gasteiger partial charge in [-0.05, 0) is 31.7 Å². The fourth-order valence-corrected chi connectivity index (χ4v) is 2.63. The van der Waals surface area contributed by atoms with Crippen LogP contribution in [0.3, 0.4) is 0 Å². The third kappa shape index (κ3) is 2.36. The number of nitrogens with two attached hydrogens (primary N) is 1. The van der Waals surface area contributed by atoms with Crippen LogP contribution in [0, 0.1) is 5.92 Å². The maximum atomic E-state index is 12.2. The summed E-state index contributed by atoms with van der Waals surface area (Å²) in [6.07, 6.45) is 2.26. The molecule has 2 heterocycles. The lowest BCUT2D eigenvalue weighted by molar-refractivity contribution is -0.141. The molecule has 0 bridgehead atoms. The van der Waals surface area contributed by atoms with Gasteiger partial charge in [-0.2, -0.15) is 0 Å². The number of rotatable bonds is 2. The van der Waals surface area contributed by atoms with Crippen LogP contribution >= 0.6 is 0 Å². The Morgan fingerprint density at radius 2 is 2.06 bits per heavy atom. The first-order chi connectivity index (χ1) is 8.13. The van der Waals surface area contributed by atoms with Crippen molar-refractivity contribution in [2.75, 3.05) is 26.2 Å². The number of likely N-dealkylation sites (tertiary alicyclic amines) is 2. The normalized spacial score (nSPS) is 28.8. The van der Waals surface area contributed by atoms with Crippen molar-refractivity contribution in [3.63, 3.8) is 0 Å². The number of carboxylic acid groups (broad SMARTS) is 1. The highest BCUT2D eigenvalue weighted by molar-refractivity contribution is 5.83. The van der Waals surface area contributed by atoms with Crippen molar-refractivity contribution in [2.24, 2.45) is 11.7 Å². The number of carbonyl (C=O) groups is 2. The summed E-state index contributed by atoms with van der Waals surface area (Å²) in [5, 5.41) is 9.04. The van der Waals surface area contributed by atoms with Crippen LogP contribution in [0.25, 0.3) is 0 Å². The van der Waals surface area contributed by atoms with E-state index in [1.165, 1.54) is 4.90 Å². The third-order valence-electron chi connectivity index (χ3n) is 3.67. The summed E-state index contributed by atoms with van der Waals surface area (Å²) >= 11 is 0. The summed E-state index contributed by atoms with van der Waals surface area (Å²) in [4.78, 5) is 26.4. The molecule has 2 atom stereocenters. The van der Waals surface area contributed by atoms with Crippen molar-refractivity contribution in [3.8, 4) is 0 Å². The molecule has 3 N–H and O–H groups in total. The van der Waals surface area contributed by atoms with Crippen LogP contribution in [0.5, 0.6) is 0 Å². The Kier molecular flexibility index (Phi) is 3.51. The second kappa shape index (κ2) is 4.91. The predicted octanol–water partition coefficient (Wildman–Crippen LogP) is -0.0640. The topological polar surface area (TPSA) is 86.9 Å². The Labute approximate surface area is 100 Å². The molecule has 2 amide bonds. The lowest BCUT2D eigenvalue weighted by Gasteiger charge is -2.27. The summed E-state index contributed by atoms with van der Waals surface area (Å²) in [5.74, 6) is -0.532. The second-order valence-corrected chi connectivity index (χ2v) is 4.81. The zero-order valence-corrected chi connectivity index (χ0v) is 9.84. The SMILES string of the molecule is NCC1CCN(C(=O)N2CCC[C@@H]2C(=O)O)C1. The van der Waals surface area contributed by atoms with Crippen LogP contribution in [0.15, 0.2) is 0 Å². The molecule has 1 unspecified atom stereocenters. The minimum atomic E-state index is -0.898. The van der Waals surface area contributed by atoms with E-state index < -0.39 is 12.0 Å². The van der Waals surface area contributed by atoms with Gasteiger partial charge in [0.1, 0.15) is 6.04 Å². The van der Waals surface area contributed by atoms with Crippen molar-refractivity contribution in [3.05, 3.63) is 0 Å². The van der Waals surface area contributed by atoms with Gasteiger partial charge >= 0.3 is 12.0 Å². The summed E-state index contributed by atoms with van der Waals surface area (Å²) in [6.45, 7) is 2.51. The van der Waals surface area contributed by atoms with Gasteiger partial charge in [0.25, 0.3) is 0 Å². The van der Waals surface area contributed by atoms with Crippen molar-refractivity contribution < 1.29 is 14.7 Å². The Morgan fingerprint density at radius 3 is 2.65 bits per heavy atom. The van der Waals surface area contributed by atoms with Gasteiger partial charge in [0.15, 0.2) is 0 Å². The fraction of sp³-hybridized carbons (Fsp3) is 0.818. The van der Waals surface area contributed by atoms with E-state index in [1.54, 1.807) is 4.90 Å². The second-order valence-electron chi connectivity index (χ2n) is 4.81. The van der Waals surface area contributed by atoms with Crippen molar-refractivity contribution in [1.29, 1.82) is 0 Å². The first-order valence-electron chi connectivity index (χ1n) is 6.12. The van der Waals surface area contributed by atoms with Gasteiger partial charge in [-0.1, -0.05) is 0 Å². The summed E-state index contributed by atoms with van der Waals surface area (Å²) in [7, 11) is 0. The van der Waals surface area contributed by atoms with E-state index in [1.807, 2.05) is 0 Å². The standard InChI is InChI=1S/C11H19N3O3/c12-6-8-3-5-13(7-8)11(17)14-4-1-2-9(14)10(15)16/h8-9H,1-7,12H2,(H,15,16)/t8?,9-/m1/s1. The first kappa shape index (κ1) is 12.2. The number of urea groups is 1. The van der Waals surface area contributed by atoms with Gasteiger partial charge in [0, 0.05) is 19.6 Å². The molecular formula is C11H19N3O3. The molecular weight excluding hydrogens is 222 g/mol. The molecule has 96 valence electrons. The van der Waals surface area contributed by atoms with Crippen LogP contribution in [0.1, 0.15) is 19.3 Å². The summed E-state index contributed by atoms with van der Waals surface area (Å²) < 4.78 is 0. The zero-order chi connectivity index (χ0) is 12.4. The van der Waals surface area contributed by atoms with Gasteiger partial charge in [0.05, 0.1) is 0 Å². The molecule has 0 aromatic rings. The number of carboxylic acids is 1. The molecule has 0 radical (unpaired) electrons. The minimum Gasteiger partial charge on any atom is -0.480 e. The Balaban J connectivity index is 1.98. The molecule has 6 heteroatoms. The van der Waals surface area contributed by atoms with E-state index in [9.17, 15) is 9.59 Å². The summed E-state index contributed by atoms with van der Waals surface area (Å²) in [5.41, 5.74) is 5.58. The van der Waals surface area contributed by atoms with Gasteiger partial charge in [-0.15, -0.1) is 0 Å². The molecule has 0 aromatic heterocycles. The lowest BCUT2D eigenvalue weighted by Crippen LogP contribution is -2.47. The van der Waals surface area contributed by atoms with Crippen LogP contribution in [-0.4, -0.2) is 59.1 Å². The Morgan fingerprint density at radius 1 is 1.29 bits per heavy atom. The van der Waals surface area contributed by atoms with E-state index in [4.69, 9.17) is 10.8 Å². The van der Waals surface area contributed by atoms with Crippen molar-refractivity contribution in [2.45, 2.75) is 25.3 Å². The van der Waals surface area contributed by atoms with Gasteiger partial charge in [0.2, 0.25) is 0 Å². The van der Waals surface area contributed by atoms with Gasteiger partial charge < -0.3 is 20.6 Å². The molecule has 2 aliphatic heterocycles. The third-order valence-corrected chi connectivity index (χ3v) is 3.67. The number of hydrogen-bond donors (Lipinski definition) is 2. The fourth-order valence-electron chi connectivity index (χ4n) is 2.63. The zero-order valence-electron chi connectivity index (χ0n) is 9.84. The molecule has 2 rings (SSSR count). The van der Waals surface area contributed by atoms with E-state index in [2.05, 4.69) is 0 Å². The van der Waals surface area contributed by atoms with Crippen molar-refractivity contribution >= 4 is 12.0 Å². The molecule has 17 heavy (non-hydrogen) atoms. The maximum absolute atomic E-state index is 12.2. The highest BCUT2D eigenvalue weighted by Crippen LogP contribution is 2.22. The molecule has 2 fully saturated rings. The lowest BCUT2D eigenvalue weighted by atomic mass is 10.1. The monoisotopic (exact) mass is 241 g/mol. The van der Waals surface area contributed by atoms with E-state index in [0.29, 0.717) is 38.5 Å². The average Bonchev–Trinajstić information content (AvgIpc) is 2.97. The molecule has 0 aromatic carbocycles. The first-order valence-corrected chi connectivity index (χ1v) is 6.12. The number of carbonyl (C=O) groups excluding carboxylic acids is 1. The van der Waals surface area contributed by atoms with Gasteiger partial charge in [-0.3, -0.25) is 0 Å². The number of nitrogens with zero attached hydrogens (tertiary/aromatic N) is 2. The van der Waals surface area contributed by atoms with Crippen LogP contribution in [0.2, 0.25) is 0 Å². The molecule has 0 saturated carbocycles. The smallest absolute Gasteiger partial charge is 0.326 e. The highest BCUT2D eigenvalue weighted by Gasteiger charge is 2.37. The number of amides is 2. The van der Waals surface area contributed by atoms with Crippen LogP contribution in [-0.2, 0) is 4.79 Å². The van der Waals surface area contributed by atoms with Crippen LogP contribution in [0.4, 0.5) is 4.79 Å². The number of aliphatic carboxylic acids is 1. The molecule has 0 aliphatic carbocycles. The Hall–Kier alpha value is -1.30. The quantitative estimate of drug-likeness (QED) is 0.709. The summed E-state index contributed by atoms with van der Waals surface area (Å²) in [6, 6.07) is -0.773. The predicted molar refractivity (Wildman–Crippen MR) is 61.5 cm³/mol. The van der Waals surface area contributed by atoms with Crippen molar-refractivity contribution in [1.82, 2.24) is 9.80 Å². The molecule has 2 aliphatic rings. The largest absolute Gasteiger partial charge is 0.480 e. The minimum absolute atomic E-state index is 0.133. The number of hydrogen-bond acceptors (Lipinski definition) is 3. The molecule has 6 nitrogen and oxygen atoms in total. The van der Waals surface area contributed by atoms with Gasteiger partial charge in [-0.25, -0.2) is 9.59 Å². The van der Waals surface area contributed by atoms with E-state index in [0.717, 1.165) is 12.8 Å². The average molecular weight is 241 g/mol. The highest BCUT2D eigenvalue weighted by atomic mass is 16.4. The Bertz CT molecular complexity index is 321. The maximum Gasteiger partial charge on any atom is 0.326 e. The van der Waals surface area contributed by atoms with E-state index in [-0.39, 0.29) is 6.03 Å². The van der Waals surface area contributed by atoms with Crippen LogP contribution < -0.4 is 5.73 Å².